The molecule has 0 saturated carbocycles. The number of allylic oxidation sites excluding steroid dienone is 1. The fraction of sp³-hybridized carbons (Fsp3) is 0.400. The second-order valence-electron chi connectivity index (χ2n) is 1.97. The topological polar surface area (TPSA) is 94.8 Å². The summed E-state index contributed by atoms with van der Waals surface area (Å²) in [4.78, 5) is 27.1. The average Bonchev–Trinajstić information content (AvgIpc) is 1.79. The van der Waals surface area contributed by atoms with Crippen LogP contribution in [-0.2, 0) is 9.36 Å². The molecule has 0 aromatic carbocycles. The number of hydrogen-bond acceptors (Lipinski definition) is 2. The van der Waals surface area contributed by atoms with Gasteiger partial charge < -0.3 is 14.9 Å². The third kappa shape index (κ3) is 3.32. The molecule has 0 aromatic heterocycles. The van der Waals surface area contributed by atoms with Gasteiger partial charge in [-0.3, -0.25) is 9.36 Å². The van der Waals surface area contributed by atoms with Crippen LogP contribution in [0.3, 0.4) is 0 Å². The van der Waals surface area contributed by atoms with Crippen LogP contribution in [0.25, 0.3) is 0 Å². The molecule has 0 fully saturated rings. The van der Waals surface area contributed by atoms with E-state index in [1.54, 1.807) is 0 Å². The first-order chi connectivity index (χ1) is 4.89. The first-order valence-corrected chi connectivity index (χ1v) is 4.46. The van der Waals surface area contributed by atoms with Gasteiger partial charge in [-0.25, -0.2) is 0 Å². The Morgan fingerprint density at radius 2 is 2.09 bits per heavy atom. The van der Waals surface area contributed by atoms with Gasteiger partial charge in [-0.05, 0) is 6.42 Å². The normalized spacial score (nSPS) is 14.0. The molecule has 0 aliphatic carbocycles. The zero-order chi connectivity index (χ0) is 9.07. The standard InChI is InChI=1S/C5H9O5P/c1-2-3-4(5(6)7)11(8,9)10/h2,4H,1,3H2,(H,6,7)(H2,8,9,10). The van der Waals surface area contributed by atoms with E-state index in [1.165, 1.54) is 0 Å². The number of carbonyl (C=O) groups is 1. The molecule has 0 saturated heterocycles. The third-order valence-corrected chi connectivity index (χ3v) is 2.32. The van der Waals surface area contributed by atoms with Gasteiger partial charge in [-0.1, -0.05) is 6.08 Å². The molecule has 11 heavy (non-hydrogen) atoms. The molecule has 0 spiro atoms. The third-order valence-electron chi connectivity index (χ3n) is 1.08. The van der Waals surface area contributed by atoms with Gasteiger partial charge in [-0.15, -0.1) is 6.58 Å². The van der Waals surface area contributed by atoms with Gasteiger partial charge in [0.25, 0.3) is 0 Å². The van der Waals surface area contributed by atoms with Crippen molar-refractivity contribution in [3.05, 3.63) is 12.7 Å². The van der Waals surface area contributed by atoms with Crippen molar-refractivity contribution in [1.82, 2.24) is 0 Å². The fourth-order valence-corrected chi connectivity index (χ4v) is 1.25. The quantitative estimate of drug-likeness (QED) is 0.424. The molecular weight excluding hydrogens is 171 g/mol. The molecule has 1 unspecified atom stereocenters. The van der Waals surface area contributed by atoms with E-state index in [0.29, 0.717) is 0 Å². The first kappa shape index (κ1) is 10.4. The SMILES string of the molecule is C=CCC(C(=O)O)P(=O)(O)O. The molecule has 64 valence electrons. The summed E-state index contributed by atoms with van der Waals surface area (Å²) in [5, 5.41) is 8.30. The summed E-state index contributed by atoms with van der Waals surface area (Å²) in [5.41, 5.74) is -1.65. The van der Waals surface area contributed by atoms with Crippen molar-refractivity contribution in [3.63, 3.8) is 0 Å². The Balaban J connectivity index is 4.47. The van der Waals surface area contributed by atoms with E-state index in [9.17, 15) is 9.36 Å². The van der Waals surface area contributed by atoms with Gasteiger partial charge in [0, 0.05) is 0 Å². The van der Waals surface area contributed by atoms with Crippen LogP contribution in [-0.4, -0.2) is 26.5 Å². The Hall–Kier alpha value is -0.640. The van der Waals surface area contributed by atoms with Crippen LogP contribution in [0.2, 0.25) is 0 Å². The molecule has 6 heteroatoms. The van der Waals surface area contributed by atoms with E-state index in [1.807, 2.05) is 0 Å². The Morgan fingerprint density at radius 1 is 1.64 bits per heavy atom. The lowest BCUT2D eigenvalue weighted by Crippen LogP contribution is -2.19. The summed E-state index contributed by atoms with van der Waals surface area (Å²) in [6.45, 7) is 3.19. The van der Waals surface area contributed by atoms with E-state index in [2.05, 4.69) is 6.58 Å². The number of carboxylic acid groups (broad SMARTS) is 1. The summed E-state index contributed by atoms with van der Waals surface area (Å²) in [5.74, 6) is -1.50. The predicted molar refractivity (Wildman–Crippen MR) is 38.3 cm³/mol. The fourth-order valence-electron chi connectivity index (χ4n) is 0.540. The van der Waals surface area contributed by atoms with E-state index >= 15 is 0 Å². The number of rotatable bonds is 4. The molecule has 0 aliphatic rings. The van der Waals surface area contributed by atoms with Crippen molar-refractivity contribution in [2.75, 3.05) is 0 Å². The minimum absolute atomic E-state index is 0.223. The molecule has 0 rings (SSSR count). The largest absolute Gasteiger partial charge is 0.481 e. The summed E-state index contributed by atoms with van der Waals surface area (Å²) in [6, 6.07) is 0. The maximum absolute atomic E-state index is 10.4. The Morgan fingerprint density at radius 3 is 2.18 bits per heavy atom. The molecule has 0 aliphatic heterocycles. The number of hydrogen-bond donors (Lipinski definition) is 3. The van der Waals surface area contributed by atoms with Crippen molar-refractivity contribution in [2.24, 2.45) is 0 Å². The highest BCUT2D eigenvalue weighted by Crippen LogP contribution is 2.42. The average molecular weight is 180 g/mol. The van der Waals surface area contributed by atoms with Gasteiger partial charge in [0.15, 0.2) is 5.66 Å². The lowest BCUT2D eigenvalue weighted by molar-refractivity contribution is -0.136. The summed E-state index contributed by atoms with van der Waals surface area (Å²) in [6.07, 6.45) is 0.942. The van der Waals surface area contributed by atoms with Crippen molar-refractivity contribution in [2.45, 2.75) is 12.1 Å². The van der Waals surface area contributed by atoms with Crippen LogP contribution >= 0.6 is 7.60 Å². The van der Waals surface area contributed by atoms with E-state index in [0.717, 1.165) is 6.08 Å². The number of aliphatic carboxylic acids is 1. The second kappa shape index (κ2) is 3.67. The van der Waals surface area contributed by atoms with Gasteiger partial charge in [0.1, 0.15) is 0 Å². The molecule has 0 bridgehead atoms. The first-order valence-electron chi connectivity index (χ1n) is 2.78. The minimum Gasteiger partial charge on any atom is -0.481 e. The van der Waals surface area contributed by atoms with Gasteiger partial charge >= 0.3 is 13.6 Å². The predicted octanol–water partition coefficient (Wildman–Crippen LogP) is 0.193. The van der Waals surface area contributed by atoms with Crippen LogP contribution in [0.4, 0.5) is 0 Å². The van der Waals surface area contributed by atoms with Crippen molar-refractivity contribution < 1.29 is 24.3 Å². The van der Waals surface area contributed by atoms with Crippen LogP contribution in [0.15, 0.2) is 12.7 Å². The van der Waals surface area contributed by atoms with Crippen LogP contribution in [0.5, 0.6) is 0 Å². The maximum atomic E-state index is 10.4. The van der Waals surface area contributed by atoms with E-state index in [4.69, 9.17) is 14.9 Å². The lowest BCUT2D eigenvalue weighted by atomic mass is 10.3. The Labute approximate surface area is 63.5 Å². The summed E-state index contributed by atoms with van der Waals surface area (Å²) in [7, 11) is -4.52. The monoisotopic (exact) mass is 180 g/mol. The lowest BCUT2D eigenvalue weighted by Gasteiger charge is -2.10. The maximum Gasteiger partial charge on any atom is 0.340 e. The van der Waals surface area contributed by atoms with Crippen LogP contribution in [0, 0.1) is 0 Å². The van der Waals surface area contributed by atoms with Crippen LogP contribution < -0.4 is 0 Å². The minimum atomic E-state index is -4.52. The molecule has 1 atom stereocenters. The molecule has 0 amide bonds. The summed E-state index contributed by atoms with van der Waals surface area (Å²) >= 11 is 0. The molecule has 0 radical (unpaired) electrons. The highest BCUT2D eigenvalue weighted by Gasteiger charge is 2.34. The van der Waals surface area contributed by atoms with Gasteiger partial charge in [-0.2, -0.15) is 0 Å². The Bertz CT molecular complexity index is 205. The van der Waals surface area contributed by atoms with Crippen molar-refractivity contribution >= 4 is 13.6 Å². The molecule has 0 aromatic rings. The second-order valence-corrected chi connectivity index (χ2v) is 3.77. The molecule has 3 N–H and O–H groups in total. The molecule has 0 heterocycles. The summed E-state index contributed by atoms with van der Waals surface area (Å²) < 4.78 is 10.4. The molecular formula is C5H9O5P. The zero-order valence-corrected chi connectivity index (χ0v) is 6.57. The highest BCUT2D eigenvalue weighted by atomic mass is 31.2. The smallest absolute Gasteiger partial charge is 0.340 e. The Kier molecular flexibility index (Phi) is 3.45. The van der Waals surface area contributed by atoms with Gasteiger partial charge in [0.2, 0.25) is 0 Å². The van der Waals surface area contributed by atoms with Gasteiger partial charge in [0.05, 0.1) is 0 Å². The molecule has 5 nitrogen and oxygen atoms in total. The van der Waals surface area contributed by atoms with Crippen LogP contribution in [0.1, 0.15) is 6.42 Å². The zero-order valence-electron chi connectivity index (χ0n) is 5.67. The van der Waals surface area contributed by atoms with E-state index in [-0.39, 0.29) is 6.42 Å². The van der Waals surface area contributed by atoms with E-state index < -0.39 is 19.2 Å². The number of carboxylic acids is 1. The van der Waals surface area contributed by atoms with Crippen molar-refractivity contribution in [1.29, 1.82) is 0 Å². The highest BCUT2D eigenvalue weighted by molar-refractivity contribution is 7.53. The van der Waals surface area contributed by atoms with Crippen molar-refractivity contribution in [3.8, 4) is 0 Å².